The van der Waals surface area contributed by atoms with E-state index in [0.717, 1.165) is 95.8 Å². The van der Waals surface area contributed by atoms with Crippen LogP contribution in [-0.4, -0.2) is 4.89 Å². The quantitative estimate of drug-likeness (QED) is 0.103. The second-order valence-corrected chi connectivity index (χ2v) is 26.8. The molecule has 0 saturated heterocycles. The lowest BCUT2D eigenvalue weighted by molar-refractivity contribution is 0.582. The Labute approximate surface area is 491 Å². The third-order valence-electron chi connectivity index (χ3n) is 15.4. The summed E-state index contributed by atoms with van der Waals surface area (Å²) in [6.07, 6.45) is 0. The molecule has 12 heteroatoms. The van der Waals surface area contributed by atoms with E-state index in [1.807, 2.05) is 293 Å². The van der Waals surface area contributed by atoms with E-state index in [2.05, 4.69) is 57.1 Å². The Morgan fingerprint density at radius 1 is 0.393 bits per heavy atom. The fourth-order valence-electron chi connectivity index (χ4n) is 11.6. The molecule has 2 aliphatic rings. The topological polar surface area (TPSA) is 82.6 Å². The van der Waals surface area contributed by atoms with Crippen LogP contribution in [-0.2, 0) is 9.13 Å². The zero-order chi connectivity index (χ0) is 56.6. The van der Waals surface area contributed by atoms with E-state index >= 15 is 9.13 Å². The number of rotatable bonds is 14. The fourth-order valence-corrected chi connectivity index (χ4v) is 19.0. The summed E-state index contributed by atoms with van der Waals surface area (Å²) in [6, 6.07) is 107. The van der Waals surface area contributed by atoms with Crippen molar-refractivity contribution in [2.75, 3.05) is 28.7 Å². The van der Waals surface area contributed by atoms with Crippen molar-refractivity contribution in [3.8, 4) is 22.3 Å². The average molecular weight is 1150 g/mol. The first-order valence-corrected chi connectivity index (χ1v) is 32.3. The molecule has 0 bridgehead atoms. The van der Waals surface area contributed by atoms with Crippen LogP contribution in [0.2, 0.25) is 0 Å². The van der Waals surface area contributed by atoms with Gasteiger partial charge in [-0.05, 0) is 191 Å². The van der Waals surface area contributed by atoms with Gasteiger partial charge in [0, 0.05) is 17.1 Å². The lowest BCUT2D eigenvalue weighted by atomic mass is 9.99. The molecule has 0 saturated carbocycles. The number of anilines is 12. The van der Waals surface area contributed by atoms with Crippen LogP contribution in [0.3, 0.4) is 0 Å². The largest absolute Gasteiger partial charge is 0.506 e. The molecule has 84 heavy (non-hydrogen) atoms. The molecule has 0 amide bonds. The van der Waals surface area contributed by atoms with Crippen molar-refractivity contribution < 1.29 is 14.0 Å². The molecule has 0 aromatic heterocycles. The molecule has 9 nitrogen and oxygen atoms in total. The molecule has 14 rings (SSSR count). The van der Waals surface area contributed by atoms with Gasteiger partial charge in [-0.15, -0.1) is 4.67 Å². The van der Waals surface area contributed by atoms with Crippen LogP contribution in [0.15, 0.2) is 322 Å². The second-order valence-electron chi connectivity index (χ2n) is 20.5. The standard InChI is InChI=1S/C72H55N6O3P3/c79-82(74(59-27-9-2-10-28-59)68-38-20-19-37-67(68)73-58-25-7-1-8-26-58)64-47-43-54(44-48-64)56-51-57(53-66(52-56)84(81)77(62-33-15-5-16-34-62)71-41-23-24-42-72(71)78(84)63-35-17-6-18-36-63)55-45-49-65(50-46-55)83(80)75(60-29-11-3-12-30-60)69-39-21-22-40-70(69)76(83)61-31-13-4-14-32-61/h1-53,73,80H/q+2. The Morgan fingerprint density at radius 2 is 0.786 bits per heavy atom. The Morgan fingerprint density at radius 3 is 1.27 bits per heavy atom. The van der Waals surface area contributed by atoms with Gasteiger partial charge in [0.15, 0.2) is 5.30 Å². The highest BCUT2D eigenvalue weighted by molar-refractivity contribution is 7.82. The van der Waals surface area contributed by atoms with Gasteiger partial charge in [0.25, 0.3) is 0 Å². The Hall–Kier alpha value is -9.84. The van der Waals surface area contributed by atoms with Crippen molar-refractivity contribution in [3.63, 3.8) is 0 Å². The maximum Gasteiger partial charge on any atom is 0.506 e. The van der Waals surface area contributed by atoms with E-state index in [1.165, 1.54) is 0 Å². The first-order valence-electron chi connectivity index (χ1n) is 27.8. The minimum atomic E-state index is -3.90. The van der Waals surface area contributed by atoms with Crippen molar-refractivity contribution >= 4 is 107 Å². The van der Waals surface area contributed by atoms with E-state index in [0.29, 0.717) is 10.6 Å². The summed E-state index contributed by atoms with van der Waals surface area (Å²) >= 11 is 0. The highest BCUT2D eigenvalue weighted by atomic mass is 31.2. The van der Waals surface area contributed by atoms with Gasteiger partial charge in [-0.3, -0.25) is 13.9 Å². The molecule has 1 unspecified atom stereocenters. The minimum Gasteiger partial charge on any atom is -0.354 e. The third-order valence-corrected chi connectivity index (χ3v) is 22.8. The number of nitrogens with one attached hydrogen (secondary N) is 1. The Kier molecular flexibility index (Phi) is 13.8. The van der Waals surface area contributed by atoms with Crippen molar-refractivity contribution in [2.24, 2.45) is 0 Å². The normalized spacial score (nSPS) is 13.9. The summed E-state index contributed by atoms with van der Waals surface area (Å²) in [4.78, 5) is 13.8. The molecule has 2 N–H and O–H groups in total. The predicted octanol–water partition coefficient (Wildman–Crippen LogP) is 19.1. The lowest BCUT2D eigenvalue weighted by Crippen LogP contribution is -2.32. The Balaban J connectivity index is 0.923. The average Bonchev–Trinajstić information content (AvgIpc) is 2.55. The van der Waals surface area contributed by atoms with Gasteiger partial charge in [-0.1, -0.05) is 158 Å². The highest BCUT2D eigenvalue weighted by Crippen LogP contribution is 2.75. The van der Waals surface area contributed by atoms with Gasteiger partial charge >= 0.3 is 23.2 Å². The molecule has 2 aliphatic heterocycles. The van der Waals surface area contributed by atoms with Crippen molar-refractivity contribution in [3.05, 3.63) is 322 Å². The van der Waals surface area contributed by atoms with E-state index in [1.54, 1.807) is 0 Å². The van der Waals surface area contributed by atoms with Gasteiger partial charge in [-0.2, -0.15) is 14.2 Å². The molecule has 0 fully saturated rings. The summed E-state index contributed by atoms with van der Waals surface area (Å²) in [5, 5.41) is 5.56. The summed E-state index contributed by atoms with van der Waals surface area (Å²) in [5.74, 6) is 0. The second kappa shape index (κ2) is 22.1. The number of nitrogens with zero attached hydrogens (tertiary/aromatic N) is 5. The summed E-state index contributed by atoms with van der Waals surface area (Å²) in [5.41, 5.74) is 13.4. The van der Waals surface area contributed by atoms with E-state index in [-0.39, 0.29) is 0 Å². The van der Waals surface area contributed by atoms with Crippen LogP contribution < -0.4 is 44.6 Å². The van der Waals surface area contributed by atoms with Crippen LogP contribution in [0.1, 0.15) is 0 Å². The number of benzene rings is 12. The molecule has 1 atom stereocenters. The third kappa shape index (κ3) is 9.21. The molecule has 12 aromatic carbocycles. The van der Waals surface area contributed by atoms with Crippen molar-refractivity contribution in [1.82, 2.24) is 0 Å². The number of para-hydroxylation sites is 12. The van der Waals surface area contributed by atoms with Crippen LogP contribution in [0.25, 0.3) is 22.3 Å². The first-order chi connectivity index (χ1) is 41.4. The Bertz CT molecular complexity index is 4240. The predicted molar refractivity (Wildman–Crippen MR) is 353 cm³/mol. The molecule has 0 aliphatic carbocycles. The fraction of sp³-hybridized carbons (Fsp3) is 0. The van der Waals surface area contributed by atoms with Gasteiger partial charge in [0.05, 0.1) is 39.4 Å². The number of hydrogen-bond donors (Lipinski definition) is 2. The molecule has 0 spiro atoms. The van der Waals surface area contributed by atoms with E-state index in [9.17, 15) is 4.89 Å². The molecule has 2 heterocycles. The zero-order valence-corrected chi connectivity index (χ0v) is 48.1. The van der Waals surface area contributed by atoms with Crippen LogP contribution in [0, 0.1) is 0 Å². The maximum absolute atomic E-state index is 17.4. The number of hydrogen-bond acceptors (Lipinski definition) is 6. The lowest BCUT2D eigenvalue weighted by Gasteiger charge is -2.34. The number of fused-ring (bicyclic) bond motifs is 2. The molecule has 12 aromatic rings. The first kappa shape index (κ1) is 52.2. The van der Waals surface area contributed by atoms with Crippen molar-refractivity contribution in [2.45, 2.75) is 0 Å². The molecular weight excluding hydrogens is 1090 g/mol. The minimum absolute atomic E-state index is 0.610. The van der Waals surface area contributed by atoms with E-state index < -0.39 is 23.2 Å². The molecule has 404 valence electrons. The smallest absolute Gasteiger partial charge is 0.354 e. The van der Waals surface area contributed by atoms with Gasteiger partial charge in [0.1, 0.15) is 17.1 Å². The van der Waals surface area contributed by atoms with Crippen molar-refractivity contribution in [1.29, 1.82) is 0 Å². The summed E-state index contributed by atoms with van der Waals surface area (Å²) < 4.78 is 42.9. The molecular formula is C72H55N6O3P3+2. The highest BCUT2D eigenvalue weighted by Gasteiger charge is 2.61. The zero-order valence-electron chi connectivity index (χ0n) is 45.4. The van der Waals surface area contributed by atoms with Gasteiger partial charge < -0.3 is 5.32 Å². The van der Waals surface area contributed by atoms with E-state index in [4.69, 9.17) is 0 Å². The summed E-state index contributed by atoms with van der Waals surface area (Å²) in [7, 11) is -9.56. The van der Waals surface area contributed by atoms with Gasteiger partial charge in [0.2, 0.25) is 5.30 Å². The van der Waals surface area contributed by atoms with Crippen LogP contribution >= 0.6 is 23.2 Å². The molecule has 0 radical (unpaired) electrons. The SMILES string of the molecule is O=[P+](c1ccc(-c2cc(-c3ccc([P+]4(O)N(c5ccccc5)c5ccccc5N4c4ccccc4)cc3)cc(P3(=O)N(c4ccccc4)c4ccccc4N3c3ccccc3)c2)cc1)N(c1ccccc1)c1ccccc1Nc1ccccc1. The van der Waals surface area contributed by atoms with Crippen LogP contribution in [0.4, 0.5) is 68.2 Å². The maximum atomic E-state index is 17.4. The van der Waals surface area contributed by atoms with Gasteiger partial charge in [-0.25, -0.2) is 0 Å². The van der Waals surface area contributed by atoms with Crippen LogP contribution in [0.5, 0.6) is 0 Å². The monoisotopic (exact) mass is 1140 g/mol. The summed E-state index contributed by atoms with van der Waals surface area (Å²) in [6.45, 7) is 0.